The van der Waals surface area contributed by atoms with Crippen LogP contribution < -0.4 is 9.64 Å². The van der Waals surface area contributed by atoms with Gasteiger partial charge >= 0.3 is 0 Å². The summed E-state index contributed by atoms with van der Waals surface area (Å²) in [5, 5.41) is 8.84. The number of piperidine rings is 1. The monoisotopic (exact) mass is 323 g/mol. The van der Waals surface area contributed by atoms with Crippen molar-refractivity contribution in [2.24, 2.45) is 5.92 Å². The van der Waals surface area contributed by atoms with Crippen molar-refractivity contribution in [3.8, 4) is 11.9 Å². The molecule has 3 heterocycles. The average Bonchev–Trinajstić information content (AvgIpc) is 2.63. The first-order valence-electron chi connectivity index (χ1n) is 8.19. The lowest BCUT2D eigenvalue weighted by Crippen LogP contribution is -2.36. The Bertz CT molecular complexity index is 730. The van der Waals surface area contributed by atoms with Gasteiger partial charge in [0.25, 0.3) is 0 Å². The lowest BCUT2D eigenvalue weighted by molar-refractivity contribution is 0.214. The fourth-order valence-corrected chi connectivity index (χ4v) is 2.83. The van der Waals surface area contributed by atoms with Crippen molar-refractivity contribution in [3.63, 3.8) is 0 Å². The average molecular weight is 323 g/mol. The van der Waals surface area contributed by atoms with Crippen molar-refractivity contribution in [2.45, 2.75) is 26.7 Å². The lowest BCUT2D eigenvalue weighted by atomic mass is 9.98. The molecule has 1 aliphatic rings. The summed E-state index contributed by atoms with van der Waals surface area (Å²) in [4.78, 5) is 15.0. The molecule has 0 atom stereocenters. The maximum Gasteiger partial charge on any atom is 0.219 e. The molecule has 0 radical (unpaired) electrons. The van der Waals surface area contributed by atoms with Crippen LogP contribution in [0.25, 0.3) is 0 Å². The Morgan fingerprint density at radius 3 is 2.67 bits per heavy atom. The van der Waals surface area contributed by atoms with Crippen LogP contribution in [0.15, 0.2) is 24.7 Å². The van der Waals surface area contributed by atoms with Gasteiger partial charge in [-0.2, -0.15) is 5.26 Å². The number of aromatic nitrogens is 3. The number of hydrogen-bond acceptors (Lipinski definition) is 6. The van der Waals surface area contributed by atoms with Crippen LogP contribution in [0.2, 0.25) is 0 Å². The molecule has 0 bridgehead atoms. The fourth-order valence-electron chi connectivity index (χ4n) is 2.83. The first-order chi connectivity index (χ1) is 11.7. The van der Waals surface area contributed by atoms with Gasteiger partial charge in [0.15, 0.2) is 0 Å². The molecule has 6 nitrogen and oxygen atoms in total. The predicted molar refractivity (Wildman–Crippen MR) is 90.9 cm³/mol. The maximum atomic E-state index is 8.84. The van der Waals surface area contributed by atoms with E-state index in [1.165, 1.54) is 0 Å². The van der Waals surface area contributed by atoms with Crippen LogP contribution in [-0.2, 0) is 0 Å². The Kier molecular flexibility index (Phi) is 4.90. The molecular formula is C18H21N5O. The third kappa shape index (κ3) is 3.62. The standard InChI is InChI=1S/C18H21N5O/c1-13-14(2)21-12-22-18(13)24-11-15-5-7-23(8-6-15)17-4-3-16(9-19)10-20-17/h3-4,10,12,15H,5-8,11H2,1-2H3. The third-order valence-electron chi connectivity index (χ3n) is 4.56. The summed E-state index contributed by atoms with van der Waals surface area (Å²) >= 11 is 0. The van der Waals surface area contributed by atoms with E-state index in [1.54, 1.807) is 12.5 Å². The Labute approximate surface area is 142 Å². The molecule has 6 heteroatoms. The summed E-state index contributed by atoms with van der Waals surface area (Å²) in [5.74, 6) is 2.16. The van der Waals surface area contributed by atoms with Crippen molar-refractivity contribution in [3.05, 3.63) is 41.5 Å². The minimum Gasteiger partial charge on any atom is -0.477 e. The van der Waals surface area contributed by atoms with E-state index in [-0.39, 0.29) is 0 Å². The first-order valence-corrected chi connectivity index (χ1v) is 8.19. The summed E-state index contributed by atoms with van der Waals surface area (Å²) in [6.07, 6.45) is 5.30. The van der Waals surface area contributed by atoms with E-state index in [0.717, 1.165) is 43.0 Å². The van der Waals surface area contributed by atoms with Crippen LogP contribution in [0.1, 0.15) is 29.7 Å². The highest BCUT2D eigenvalue weighted by atomic mass is 16.5. The van der Waals surface area contributed by atoms with Crippen LogP contribution in [-0.4, -0.2) is 34.6 Å². The zero-order chi connectivity index (χ0) is 16.9. The number of anilines is 1. The van der Waals surface area contributed by atoms with Crippen molar-refractivity contribution in [1.82, 2.24) is 15.0 Å². The minimum atomic E-state index is 0.523. The fraction of sp³-hybridized carbons (Fsp3) is 0.444. The van der Waals surface area contributed by atoms with Gasteiger partial charge in [-0.15, -0.1) is 0 Å². The number of nitriles is 1. The number of ether oxygens (including phenoxy) is 1. The van der Waals surface area contributed by atoms with Crippen molar-refractivity contribution >= 4 is 5.82 Å². The van der Waals surface area contributed by atoms with E-state index < -0.39 is 0 Å². The molecule has 1 saturated heterocycles. The van der Waals surface area contributed by atoms with Gasteiger partial charge in [-0.25, -0.2) is 15.0 Å². The van der Waals surface area contributed by atoms with E-state index in [4.69, 9.17) is 10.00 Å². The molecule has 2 aromatic heterocycles. The Morgan fingerprint density at radius 1 is 1.21 bits per heavy atom. The molecule has 0 saturated carbocycles. The van der Waals surface area contributed by atoms with Gasteiger partial charge in [0.1, 0.15) is 18.2 Å². The number of pyridine rings is 1. The Balaban J connectivity index is 1.51. The summed E-state index contributed by atoms with van der Waals surface area (Å²) in [6, 6.07) is 5.83. The van der Waals surface area contributed by atoms with Crippen LogP contribution in [0.3, 0.4) is 0 Å². The quantitative estimate of drug-likeness (QED) is 0.861. The van der Waals surface area contributed by atoms with E-state index in [0.29, 0.717) is 24.0 Å². The SMILES string of the molecule is Cc1ncnc(OCC2CCN(c3ccc(C#N)cn3)CC2)c1C. The molecule has 0 spiro atoms. The molecule has 0 N–H and O–H groups in total. The van der Waals surface area contributed by atoms with Crippen LogP contribution in [0, 0.1) is 31.1 Å². The molecule has 24 heavy (non-hydrogen) atoms. The van der Waals surface area contributed by atoms with Crippen LogP contribution in [0.4, 0.5) is 5.82 Å². The normalized spacial score (nSPS) is 15.1. The van der Waals surface area contributed by atoms with E-state index in [9.17, 15) is 0 Å². The molecule has 0 unspecified atom stereocenters. The van der Waals surface area contributed by atoms with Gasteiger partial charge in [0, 0.05) is 30.5 Å². The zero-order valence-corrected chi connectivity index (χ0v) is 14.1. The molecule has 0 amide bonds. The maximum absolute atomic E-state index is 8.84. The number of nitrogens with zero attached hydrogens (tertiary/aromatic N) is 5. The number of aryl methyl sites for hydroxylation is 1. The topological polar surface area (TPSA) is 74.9 Å². The molecular weight excluding hydrogens is 302 g/mol. The van der Waals surface area contributed by atoms with E-state index in [1.807, 2.05) is 26.0 Å². The van der Waals surface area contributed by atoms with Gasteiger partial charge in [-0.05, 0) is 44.7 Å². The molecule has 1 aliphatic heterocycles. The van der Waals surface area contributed by atoms with Crippen LogP contribution in [0.5, 0.6) is 5.88 Å². The summed E-state index contributed by atoms with van der Waals surface area (Å²) < 4.78 is 5.91. The number of rotatable bonds is 4. The summed E-state index contributed by atoms with van der Waals surface area (Å²) in [7, 11) is 0. The highest BCUT2D eigenvalue weighted by molar-refractivity contribution is 5.42. The summed E-state index contributed by atoms with van der Waals surface area (Å²) in [5.41, 5.74) is 2.57. The smallest absolute Gasteiger partial charge is 0.219 e. The van der Waals surface area contributed by atoms with Crippen molar-refractivity contribution in [2.75, 3.05) is 24.6 Å². The lowest BCUT2D eigenvalue weighted by Gasteiger charge is -2.32. The first kappa shape index (κ1) is 16.2. The Morgan fingerprint density at radius 2 is 2.00 bits per heavy atom. The molecule has 1 fully saturated rings. The zero-order valence-electron chi connectivity index (χ0n) is 14.1. The van der Waals surface area contributed by atoms with Crippen molar-refractivity contribution in [1.29, 1.82) is 5.26 Å². The number of hydrogen-bond donors (Lipinski definition) is 0. The van der Waals surface area contributed by atoms with Gasteiger partial charge < -0.3 is 9.64 Å². The van der Waals surface area contributed by atoms with Gasteiger partial charge in [0.05, 0.1) is 12.2 Å². The highest BCUT2D eigenvalue weighted by Gasteiger charge is 2.21. The van der Waals surface area contributed by atoms with E-state index >= 15 is 0 Å². The highest BCUT2D eigenvalue weighted by Crippen LogP contribution is 2.23. The van der Waals surface area contributed by atoms with E-state index in [2.05, 4.69) is 25.9 Å². The van der Waals surface area contributed by atoms with Gasteiger partial charge in [-0.1, -0.05) is 0 Å². The molecule has 0 aromatic carbocycles. The molecule has 124 valence electrons. The van der Waals surface area contributed by atoms with Gasteiger partial charge in [0.2, 0.25) is 5.88 Å². The van der Waals surface area contributed by atoms with Crippen molar-refractivity contribution < 1.29 is 4.74 Å². The second-order valence-corrected chi connectivity index (χ2v) is 6.15. The van der Waals surface area contributed by atoms with Gasteiger partial charge in [-0.3, -0.25) is 0 Å². The Hall–Kier alpha value is -2.68. The van der Waals surface area contributed by atoms with Crippen LogP contribution >= 0.6 is 0 Å². The minimum absolute atomic E-state index is 0.523. The summed E-state index contributed by atoms with van der Waals surface area (Å²) in [6.45, 7) is 6.55. The molecule has 0 aliphatic carbocycles. The molecule has 2 aromatic rings. The molecule has 3 rings (SSSR count). The second-order valence-electron chi connectivity index (χ2n) is 6.15. The largest absolute Gasteiger partial charge is 0.477 e. The third-order valence-corrected chi connectivity index (χ3v) is 4.56. The second kappa shape index (κ2) is 7.26. The predicted octanol–water partition coefficient (Wildman–Crippen LogP) is 2.66.